The van der Waals surface area contributed by atoms with Gasteiger partial charge in [-0.2, -0.15) is 0 Å². The molecule has 2 unspecified atom stereocenters. The van der Waals surface area contributed by atoms with Crippen molar-refractivity contribution >= 4 is 38.8 Å². The molecular formula is C21H24ClN3O2S. The minimum Gasteiger partial charge on any atom is -0.388 e. The fraction of sp³-hybridized carbons (Fsp3) is 0.333. The van der Waals surface area contributed by atoms with Gasteiger partial charge in [-0.3, -0.25) is 0 Å². The van der Waals surface area contributed by atoms with Crippen LogP contribution in [0.1, 0.15) is 30.1 Å². The van der Waals surface area contributed by atoms with Crippen molar-refractivity contribution < 1.29 is 8.42 Å². The molecule has 5 rings (SSSR count). The summed E-state index contributed by atoms with van der Waals surface area (Å²) in [6.07, 6.45) is 3.33. The molecule has 5 nitrogen and oxygen atoms in total. The second-order valence-corrected chi connectivity index (χ2v) is 9.53. The number of rotatable bonds is 3. The number of nitrogens with zero attached hydrogens (tertiary/aromatic N) is 1. The first-order valence-corrected chi connectivity index (χ1v) is 10.9. The first kappa shape index (κ1) is 19.3. The molecule has 1 aromatic heterocycles. The Hall–Kier alpha value is -2.02. The second-order valence-electron chi connectivity index (χ2n) is 7.58. The Labute approximate surface area is 171 Å². The molecule has 1 fully saturated rings. The average molecular weight is 418 g/mol. The Kier molecular flexibility index (Phi) is 4.68. The number of aromatic nitrogens is 1. The van der Waals surface area contributed by atoms with E-state index < -0.39 is 9.84 Å². The van der Waals surface area contributed by atoms with Crippen molar-refractivity contribution in [2.75, 3.05) is 12.4 Å². The minimum atomic E-state index is -3.56. The molecular weight excluding hydrogens is 394 g/mol. The third-order valence-corrected chi connectivity index (χ3v) is 7.86. The maximum Gasteiger partial charge on any atom is 0.206 e. The molecule has 2 aliphatic rings. The van der Waals surface area contributed by atoms with Gasteiger partial charge in [0.1, 0.15) is 0 Å². The number of fused-ring (bicyclic) bond motifs is 6. The van der Waals surface area contributed by atoms with Gasteiger partial charge < -0.3 is 15.2 Å². The topological polar surface area (TPSA) is 63.1 Å². The van der Waals surface area contributed by atoms with Gasteiger partial charge in [0.15, 0.2) is 0 Å². The molecule has 28 heavy (non-hydrogen) atoms. The molecule has 0 aliphatic carbocycles. The first-order valence-electron chi connectivity index (χ1n) is 9.39. The van der Waals surface area contributed by atoms with Crippen molar-refractivity contribution in [1.82, 2.24) is 9.88 Å². The molecule has 2 N–H and O–H groups in total. The molecule has 0 amide bonds. The van der Waals surface area contributed by atoms with Crippen LogP contribution in [-0.2, 0) is 23.3 Å². The fourth-order valence-corrected chi connectivity index (χ4v) is 6.04. The fourth-order valence-electron chi connectivity index (χ4n) is 4.70. The summed E-state index contributed by atoms with van der Waals surface area (Å²) in [5.74, 6) is 0. The molecule has 2 atom stereocenters. The van der Waals surface area contributed by atoms with E-state index in [4.69, 9.17) is 0 Å². The number of halogens is 1. The third-order valence-electron chi connectivity index (χ3n) is 6.11. The van der Waals surface area contributed by atoms with E-state index in [1.807, 2.05) is 18.2 Å². The summed E-state index contributed by atoms with van der Waals surface area (Å²) >= 11 is 0. The highest BCUT2D eigenvalue weighted by Crippen LogP contribution is 2.42. The first-order chi connectivity index (χ1) is 13.0. The van der Waals surface area contributed by atoms with Gasteiger partial charge in [0.2, 0.25) is 9.84 Å². The molecule has 0 radical (unpaired) electrons. The summed E-state index contributed by atoms with van der Waals surface area (Å²) in [7, 11) is 0.318. The van der Waals surface area contributed by atoms with Crippen LogP contribution in [0.3, 0.4) is 0 Å². The molecule has 7 heteroatoms. The SMILES string of the molecule is CNc1cccc(S(=O)(=O)c2ccc3c(c2)c2c(n3C)CC3CCC2N3)c1.Cl. The van der Waals surface area contributed by atoms with E-state index in [0.717, 1.165) is 29.4 Å². The number of hydrogen-bond acceptors (Lipinski definition) is 4. The van der Waals surface area contributed by atoms with Crippen LogP contribution in [0, 0.1) is 0 Å². The third kappa shape index (κ3) is 2.74. The van der Waals surface area contributed by atoms with E-state index in [0.29, 0.717) is 21.9 Å². The zero-order chi connectivity index (χ0) is 18.8. The average Bonchev–Trinajstić information content (AvgIpc) is 3.20. The van der Waals surface area contributed by atoms with Crippen LogP contribution in [0.4, 0.5) is 5.69 Å². The van der Waals surface area contributed by atoms with E-state index in [1.165, 1.54) is 17.7 Å². The highest BCUT2D eigenvalue weighted by atomic mass is 35.5. The van der Waals surface area contributed by atoms with E-state index in [1.54, 1.807) is 31.3 Å². The summed E-state index contributed by atoms with van der Waals surface area (Å²) in [6, 6.07) is 13.4. The van der Waals surface area contributed by atoms with Crippen LogP contribution in [0.15, 0.2) is 52.3 Å². The van der Waals surface area contributed by atoms with Crippen molar-refractivity contribution in [3.63, 3.8) is 0 Å². The zero-order valence-corrected chi connectivity index (χ0v) is 17.5. The lowest BCUT2D eigenvalue weighted by molar-refractivity contribution is 0.503. The second kappa shape index (κ2) is 6.79. The van der Waals surface area contributed by atoms with Crippen LogP contribution in [0.25, 0.3) is 10.9 Å². The number of hydrogen-bond donors (Lipinski definition) is 2. The molecule has 3 aromatic rings. The largest absolute Gasteiger partial charge is 0.388 e. The van der Waals surface area contributed by atoms with E-state index in [-0.39, 0.29) is 12.4 Å². The molecule has 2 aromatic carbocycles. The number of aryl methyl sites for hydroxylation is 1. The summed E-state index contributed by atoms with van der Waals surface area (Å²) in [4.78, 5) is 0.675. The van der Waals surface area contributed by atoms with Crippen molar-refractivity contribution in [1.29, 1.82) is 0 Å². The molecule has 3 heterocycles. The quantitative estimate of drug-likeness (QED) is 0.680. The van der Waals surface area contributed by atoms with Crippen molar-refractivity contribution in [3.8, 4) is 0 Å². The Morgan fingerprint density at radius 3 is 2.68 bits per heavy atom. The molecule has 0 saturated carbocycles. The Morgan fingerprint density at radius 1 is 1.11 bits per heavy atom. The highest BCUT2D eigenvalue weighted by Gasteiger charge is 2.36. The van der Waals surface area contributed by atoms with Crippen LogP contribution in [0.2, 0.25) is 0 Å². The predicted molar refractivity (Wildman–Crippen MR) is 114 cm³/mol. The molecule has 0 spiro atoms. The predicted octanol–water partition coefficient (Wildman–Crippen LogP) is 3.82. The maximum atomic E-state index is 13.2. The summed E-state index contributed by atoms with van der Waals surface area (Å²) in [5.41, 5.74) is 4.54. The van der Waals surface area contributed by atoms with E-state index in [2.05, 4.69) is 22.2 Å². The number of sulfone groups is 1. The van der Waals surface area contributed by atoms with Gasteiger partial charge in [0.05, 0.1) is 9.79 Å². The maximum absolute atomic E-state index is 13.2. The van der Waals surface area contributed by atoms with Gasteiger partial charge in [-0.05, 0) is 54.8 Å². The molecule has 2 bridgehead atoms. The monoisotopic (exact) mass is 417 g/mol. The summed E-state index contributed by atoms with van der Waals surface area (Å²) in [5, 5.41) is 7.76. The van der Waals surface area contributed by atoms with Gasteiger partial charge in [0.25, 0.3) is 0 Å². The minimum absolute atomic E-state index is 0. The number of anilines is 1. The van der Waals surface area contributed by atoms with Crippen LogP contribution in [0.5, 0.6) is 0 Å². The normalized spacial score (nSPS) is 20.6. The standard InChI is InChI=1S/C21H23N3O2S.ClH/c1-22-13-4-3-5-15(10-13)27(25,26)16-7-9-19-17(12-16)21-18-8-6-14(23-18)11-20(21)24(19)2;/h3-5,7,9-10,12,14,18,22-23H,6,8,11H2,1-2H3;1H. The van der Waals surface area contributed by atoms with Crippen LogP contribution in [-0.4, -0.2) is 26.1 Å². The number of benzene rings is 2. The lowest BCUT2D eigenvalue weighted by Gasteiger charge is -2.23. The Bertz CT molecular complexity index is 1170. The summed E-state index contributed by atoms with van der Waals surface area (Å²) in [6.45, 7) is 0. The van der Waals surface area contributed by atoms with Crippen molar-refractivity contribution in [2.45, 2.75) is 41.1 Å². The Morgan fingerprint density at radius 2 is 1.89 bits per heavy atom. The van der Waals surface area contributed by atoms with Crippen molar-refractivity contribution in [2.24, 2.45) is 7.05 Å². The number of nitrogens with one attached hydrogen (secondary N) is 2. The van der Waals surface area contributed by atoms with Gasteiger partial charge in [-0.25, -0.2) is 8.42 Å². The van der Waals surface area contributed by atoms with Gasteiger partial charge >= 0.3 is 0 Å². The lowest BCUT2D eigenvalue weighted by Crippen LogP contribution is -2.32. The lowest BCUT2D eigenvalue weighted by atomic mass is 9.99. The highest BCUT2D eigenvalue weighted by molar-refractivity contribution is 7.91. The van der Waals surface area contributed by atoms with Crippen LogP contribution >= 0.6 is 12.4 Å². The van der Waals surface area contributed by atoms with Crippen LogP contribution < -0.4 is 10.6 Å². The molecule has 1 saturated heterocycles. The van der Waals surface area contributed by atoms with Crippen molar-refractivity contribution in [3.05, 3.63) is 53.7 Å². The smallest absolute Gasteiger partial charge is 0.206 e. The van der Waals surface area contributed by atoms with E-state index >= 15 is 0 Å². The van der Waals surface area contributed by atoms with Gasteiger partial charge in [0, 0.05) is 54.9 Å². The molecule has 2 aliphatic heterocycles. The molecule has 148 valence electrons. The summed E-state index contributed by atoms with van der Waals surface area (Å²) < 4.78 is 28.7. The van der Waals surface area contributed by atoms with E-state index in [9.17, 15) is 8.42 Å². The van der Waals surface area contributed by atoms with Gasteiger partial charge in [-0.15, -0.1) is 12.4 Å². The Balaban J connectivity index is 0.00000192. The zero-order valence-electron chi connectivity index (χ0n) is 15.9. The van der Waals surface area contributed by atoms with Gasteiger partial charge in [-0.1, -0.05) is 6.07 Å².